The molecule has 0 amide bonds. The maximum atomic E-state index is 8.80. The Balaban J connectivity index is 1.16. The summed E-state index contributed by atoms with van der Waals surface area (Å²) in [7, 11) is 2.14. The molecule has 3 aromatic rings. The zero-order valence-corrected chi connectivity index (χ0v) is 25.4. The molecule has 0 aliphatic heterocycles. The number of aromatic nitrogens is 1. The van der Waals surface area contributed by atoms with Gasteiger partial charge in [0, 0.05) is 41.5 Å². The SMILES string of the molecule is Cc1ccc(SCCCCN(C)CCOCCO)cc1CNC1(c2cnccc2-c2ccccc2OC2CC2)CC1. The van der Waals surface area contributed by atoms with Gasteiger partial charge in [0.05, 0.1) is 25.9 Å². The fourth-order valence-electron chi connectivity index (χ4n) is 5.20. The zero-order valence-electron chi connectivity index (χ0n) is 24.6. The Hall–Kier alpha value is -2.42. The molecule has 41 heavy (non-hydrogen) atoms. The summed E-state index contributed by atoms with van der Waals surface area (Å²) in [6.07, 6.45) is 11.2. The molecule has 7 heteroatoms. The van der Waals surface area contributed by atoms with E-state index >= 15 is 0 Å². The van der Waals surface area contributed by atoms with Crippen LogP contribution < -0.4 is 10.1 Å². The van der Waals surface area contributed by atoms with Crippen LogP contribution in [0.4, 0.5) is 0 Å². The van der Waals surface area contributed by atoms with Gasteiger partial charge in [-0.3, -0.25) is 4.98 Å². The van der Waals surface area contributed by atoms with E-state index in [2.05, 4.69) is 83.9 Å². The highest BCUT2D eigenvalue weighted by Gasteiger charge is 2.45. The number of thioether (sulfide) groups is 1. The first kappa shape index (κ1) is 30.1. The standard InChI is InChI=1S/C34H45N3O3S/c1-26-9-12-29(41-22-6-5-17-37(2)18-20-39-21-19-38)23-27(26)24-36-34(14-15-34)32-25-35-16-13-30(32)31-7-3-4-8-33(31)40-28-10-11-28/h3-4,7-9,12-13,16,23,25,28,36,38H,5-6,10-11,14-15,17-22,24H2,1-2H3. The minimum atomic E-state index is -0.0406. The van der Waals surface area contributed by atoms with Gasteiger partial charge in [0.2, 0.25) is 0 Å². The average Bonchev–Trinajstić information content (AvgIpc) is 3.93. The monoisotopic (exact) mass is 575 g/mol. The lowest BCUT2D eigenvalue weighted by atomic mass is 9.94. The lowest BCUT2D eigenvalue weighted by Crippen LogP contribution is -2.29. The summed E-state index contributed by atoms with van der Waals surface area (Å²) in [6.45, 7) is 6.23. The lowest BCUT2D eigenvalue weighted by molar-refractivity contribution is 0.0782. The van der Waals surface area contributed by atoms with E-state index in [0.717, 1.165) is 56.8 Å². The molecule has 2 aliphatic rings. The van der Waals surface area contributed by atoms with E-state index in [0.29, 0.717) is 19.3 Å². The number of aliphatic hydroxyl groups excluding tert-OH is 1. The molecule has 1 heterocycles. The Kier molecular flexibility index (Phi) is 10.7. The number of pyridine rings is 1. The first-order chi connectivity index (χ1) is 20.1. The molecule has 2 aliphatic carbocycles. The maximum Gasteiger partial charge on any atom is 0.127 e. The molecule has 2 saturated carbocycles. The molecule has 5 rings (SSSR count). The summed E-state index contributed by atoms with van der Waals surface area (Å²) in [5.74, 6) is 2.10. The topological polar surface area (TPSA) is 66.9 Å². The number of rotatable bonds is 18. The molecule has 0 spiro atoms. The van der Waals surface area contributed by atoms with E-state index in [-0.39, 0.29) is 12.1 Å². The predicted molar refractivity (Wildman–Crippen MR) is 168 cm³/mol. The molecular formula is C34H45N3O3S. The highest BCUT2D eigenvalue weighted by molar-refractivity contribution is 7.99. The van der Waals surface area contributed by atoms with Crippen molar-refractivity contribution in [2.45, 2.75) is 68.5 Å². The molecule has 2 N–H and O–H groups in total. The highest BCUT2D eigenvalue weighted by atomic mass is 32.2. The second kappa shape index (κ2) is 14.7. The van der Waals surface area contributed by atoms with Crippen LogP contribution in [0.15, 0.2) is 65.8 Å². The van der Waals surface area contributed by atoms with Crippen LogP contribution in [0.25, 0.3) is 11.1 Å². The highest BCUT2D eigenvalue weighted by Crippen LogP contribution is 2.50. The third kappa shape index (κ3) is 8.55. The van der Waals surface area contributed by atoms with Crippen molar-refractivity contribution in [3.8, 4) is 16.9 Å². The molecule has 0 bridgehead atoms. The van der Waals surface area contributed by atoms with Crippen molar-refractivity contribution in [1.82, 2.24) is 15.2 Å². The molecule has 1 aromatic heterocycles. The first-order valence-electron chi connectivity index (χ1n) is 15.1. The minimum Gasteiger partial charge on any atom is -0.490 e. The van der Waals surface area contributed by atoms with Crippen LogP contribution in [0.1, 0.15) is 55.2 Å². The van der Waals surface area contributed by atoms with E-state index in [1.54, 1.807) is 0 Å². The van der Waals surface area contributed by atoms with E-state index in [1.807, 2.05) is 18.0 Å². The van der Waals surface area contributed by atoms with Crippen molar-refractivity contribution in [2.75, 3.05) is 45.7 Å². The number of para-hydroxylation sites is 1. The fourth-order valence-corrected chi connectivity index (χ4v) is 6.17. The molecule has 0 atom stereocenters. The number of nitrogens with one attached hydrogen (secondary N) is 1. The Bertz CT molecular complexity index is 1260. The molecular weight excluding hydrogens is 530 g/mol. The van der Waals surface area contributed by atoms with Crippen LogP contribution in [0.5, 0.6) is 5.75 Å². The van der Waals surface area contributed by atoms with Gasteiger partial charge in [0.15, 0.2) is 0 Å². The van der Waals surface area contributed by atoms with Crippen LogP contribution in [-0.2, 0) is 16.8 Å². The smallest absolute Gasteiger partial charge is 0.127 e. The Morgan fingerprint density at radius 3 is 2.71 bits per heavy atom. The van der Waals surface area contributed by atoms with Gasteiger partial charge in [-0.2, -0.15) is 0 Å². The number of hydrogen-bond donors (Lipinski definition) is 2. The summed E-state index contributed by atoms with van der Waals surface area (Å²) < 4.78 is 11.6. The lowest BCUT2D eigenvalue weighted by Gasteiger charge is -2.23. The summed E-state index contributed by atoms with van der Waals surface area (Å²) in [5.41, 5.74) is 6.33. The second-order valence-electron chi connectivity index (χ2n) is 11.5. The third-order valence-electron chi connectivity index (χ3n) is 8.08. The van der Waals surface area contributed by atoms with E-state index in [1.165, 1.54) is 45.6 Å². The van der Waals surface area contributed by atoms with Crippen LogP contribution in [0, 0.1) is 6.92 Å². The maximum absolute atomic E-state index is 8.80. The molecule has 0 unspecified atom stereocenters. The Morgan fingerprint density at radius 2 is 1.90 bits per heavy atom. The van der Waals surface area contributed by atoms with Crippen molar-refractivity contribution in [3.05, 3.63) is 77.6 Å². The number of hydrogen-bond acceptors (Lipinski definition) is 7. The van der Waals surface area contributed by atoms with Crippen molar-refractivity contribution in [1.29, 1.82) is 0 Å². The van der Waals surface area contributed by atoms with E-state index < -0.39 is 0 Å². The fraction of sp³-hybridized carbons (Fsp3) is 0.500. The van der Waals surface area contributed by atoms with Crippen LogP contribution in [0.3, 0.4) is 0 Å². The molecule has 6 nitrogen and oxygen atoms in total. The van der Waals surface area contributed by atoms with Crippen molar-refractivity contribution in [3.63, 3.8) is 0 Å². The Morgan fingerprint density at radius 1 is 1.05 bits per heavy atom. The summed E-state index contributed by atoms with van der Waals surface area (Å²) in [6, 6.07) is 17.5. The van der Waals surface area contributed by atoms with Gasteiger partial charge >= 0.3 is 0 Å². The number of aryl methyl sites for hydroxylation is 1. The third-order valence-corrected chi connectivity index (χ3v) is 9.16. The molecule has 2 fully saturated rings. The van der Waals surface area contributed by atoms with Crippen LogP contribution in [-0.4, -0.2) is 66.8 Å². The van der Waals surface area contributed by atoms with Gasteiger partial charge in [-0.25, -0.2) is 0 Å². The quantitative estimate of drug-likeness (QED) is 0.138. The summed E-state index contributed by atoms with van der Waals surface area (Å²) in [4.78, 5) is 8.19. The zero-order chi connectivity index (χ0) is 28.5. The van der Waals surface area contributed by atoms with Gasteiger partial charge in [0.25, 0.3) is 0 Å². The Labute approximate surface area is 249 Å². The van der Waals surface area contributed by atoms with Gasteiger partial charge in [0.1, 0.15) is 5.75 Å². The molecule has 0 saturated heterocycles. The predicted octanol–water partition coefficient (Wildman–Crippen LogP) is 6.19. The van der Waals surface area contributed by atoms with Crippen molar-refractivity contribution < 1.29 is 14.6 Å². The van der Waals surface area contributed by atoms with E-state index in [4.69, 9.17) is 14.6 Å². The van der Waals surface area contributed by atoms with E-state index in [9.17, 15) is 0 Å². The first-order valence-corrected chi connectivity index (χ1v) is 16.1. The largest absolute Gasteiger partial charge is 0.490 e. The molecule has 0 radical (unpaired) electrons. The number of nitrogens with zero attached hydrogens (tertiary/aromatic N) is 2. The number of likely N-dealkylation sites (N-methyl/N-ethyl adjacent to an activating group) is 1. The number of aliphatic hydroxyl groups is 1. The minimum absolute atomic E-state index is 0.0406. The van der Waals surface area contributed by atoms with Gasteiger partial charge in [-0.1, -0.05) is 24.3 Å². The normalized spacial score (nSPS) is 15.8. The molecule has 2 aromatic carbocycles. The average molecular weight is 576 g/mol. The summed E-state index contributed by atoms with van der Waals surface area (Å²) in [5, 5.41) is 12.8. The van der Waals surface area contributed by atoms with Crippen molar-refractivity contribution in [2.24, 2.45) is 0 Å². The van der Waals surface area contributed by atoms with Gasteiger partial charge in [-0.15, -0.1) is 11.8 Å². The number of unbranched alkanes of at least 4 members (excludes halogenated alkanes) is 1. The van der Waals surface area contributed by atoms with Crippen molar-refractivity contribution >= 4 is 11.8 Å². The van der Waals surface area contributed by atoms with Gasteiger partial charge < -0.3 is 24.8 Å². The summed E-state index contributed by atoms with van der Waals surface area (Å²) >= 11 is 1.95. The van der Waals surface area contributed by atoms with Gasteiger partial charge in [-0.05, 0) is 111 Å². The number of benzene rings is 2. The number of ether oxygens (including phenoxy) is 2. The molecule has 220 valence electrons. The van der Waals surface area contributed by atoms with Crippen LogP contribution >= 0.6 is 11.8 Å². The second-order valence-corrected chi connectivity index (χ2v) is 12.6. The van der Waals surface area contributed by atoms with Crippen LogP contribution in [0.2, 0.25) is 0 Å².